The van der Waals surface area contributed by atoms with E-state index < -0.39 is 41.2 Å². The van der Waals surface area contributed by atoms with Gasteiger partial charge in [-0.2, -0.15) is 0 Å². The van der Waals surface area contributed by atoms with Crippen molar-refractivity contribution in [3.63, 3.8) is 0 Å². The van der Waals surface area contributed by atoms with Crippen molar-refractivity contribution in [3.8, 4) is 0 Å². The Morgan fingerprint density at radius 2 is 1.86 bits per heavy atom. The SMILES string of the molecule is C[C@H]1C[C@@H](O)[C@@H](COP([O-])(=S)OP(=O)([O-])OP(=O)([O-])[O-])O1. The van der Waals surface area contributed by atoms with Crippen molar-refractivity contribution in [1.82, 2.24) is 0 Å². The summed E-state index contributed by atoms with van der Waals surface area (Å²) < 4.78 is 37.6. The molecule has 1 fully saturated rings. The highest BCUT2D eigenvalue weighted by Gasteiger charge is 2.32. The lowest BCUT2D eigenvalue weighted by atomic mass is 10.1. The Labute approximate surface area is 124 Å². The van der Waals surface area contributed by atoms with Gasteiger partial charge in [-0.3, -0.25) is 13.2 Å². The van der Waals surface area contributed by atoms with Crippen LogP contribution in [0.1, 0.15) is 13.3 Å². The van der Waals surface area contributed by atoms with Gasteiger partial charge >= 0.3 is 0 Å². The maximum absolute atomic E-state index is 11.5. The largest absolute Gasteiger partial charge is 0.790 e. The molecule has 0 aromatic heterocycles. The molecule has 1 aliphatic rings. The van der Waals surface area contributed by atoms with Crippen LogP contribution in [0.4, 0.5) is 0 Å². The van der Waals surface area contributed by atoms with Gasteiger partial charge in [0.05, 0.1) is 26.6 Å². The molecule has 126 valence electrons. The third-order valence-corrected chi connectivity index (χ3v) is 6.79. The molecular weight excluding hydrogens is 373 g/mol. The summed E-state index contributed by atoms with van der Waals surface area (Å²) in [7, 11) is -11.7. The van der Waals surface area contributed by atoms with E-state index in [0.29, 0.717) is 0 Å². The van der Waals surface area contributed by atoms with Crippen molar-refractivity contribution in [1.29, 1.82) is 0 Å². The van der Waals surface area contributed by atoms with E-state index in [9.17, 15) is 33.8 Å². The molecule has 0 aliphatic carbocycles. The van der Waals surface area contributed by atoms with Crippen LogP contribution >= 0.6 is 22.4 Å². The number of ether oxygens (including phenoxy) is 1. The van der Waals surface area contributed by atoms with Gasteiger partial charge in [-0.05, 0) is 6.92 Å². The maximum atomic E-state index is 11.5. The van der Waals surface area contributed by atoms with Crippen molar-refractivity contribution in [2.24, 2.45) is 0 Å². The van der Waals surface area contributed by atoms with Crippen LogP contribution in [-0.4, -0.2) is 30.0 Å². The number of hydrogen-bond donors (Lipinski definition) is 1. The summed E-state index contributed by atoms with van der Waals surface area (Å²) in [5.41, 5.74) is 0. The highest BCUT2D eigenvalue weighted by Crippen LogP contribution is 2.60. The Hall–Kier alpha value is 0.750. The van der Waals surface area contributed by atoms with Crippen LogP contribution in [0.5, 0.6) is 0 Å². The van der Waals surface area contributed by atoms with Crippen molar-refractivity contribution in [2.75, 3.05) is 6.61 Å². The first-order chi connectivity index (χ1) is 9.30. The first kappa shape index (κ1) is 19.8. The van der Waals surface area contributed by atoms with Gasteiger partial charge in [-0.25, -0.2) is 0 Å². The average molecular weight is 384 g/mol. The molecule has 1 aliphatic heterocycles. The Balaban J connectivity index is 2.56. The summed E-state index contributed by atoms with van der Waals surface area (Å²) in [4.78, 5) is 42.9. The first-order valence-electron chi connectivity index (χ1n) is 5.34. The standard InChI is InChI=1S/C6H15O11P3S/c1-4-2-5(7)6(15-4)3-14-20(13,21)17-19(11,12)16-18(8,9)10/h4-7H,2-3H2,1H3,(H,11,12)(H,13,21)(H2,8,9,10)/p-4/t4-,5+,6+,20?/m0/s1. The number of aliphatic hydroxyl groups excluding tert-OH is 1. The van der Waals surface area contributed by atoms with Gasteiger partial charge in [0.2, 0.25) is 0 Å². The minimum atomic E-state index is -5.92. The fourth-order valence-corrected chi connectivity index (χ4v) is 5.32. The predicted octanol–water partition coefficient (Wildman–Crippen LogP) is -2.54. The summed E-state index contributed by atoms with van der Waals surface area (Å²) in [6.07, 6.45) is -1.85. The van der Waals surface area contributed by atoms with E-state index in [2.05, 4.69) is 25.0 Å². The number of hydrogen-bond acceptors (Lipinski definition) is 12. The molecule has 5 atom stereocenters. The van der Waals surface area contributed by atoms with Gasteiger partial charge in [-0.1, -0.05) is 11.8 Å². The van der Waals surface area contributed by atoms with Gasteiger partial charge < -0.3 is 38.5 Å². The van der Waals surface area contributed by atoms with Crippen LogP contribution in [0.3, 0.4) is 0 Å². The van der Waals surface area contributed by atoms with Crippen molar-refractivity contribution in [2.45, 2.75) is 31.7 Å². The third kappa shape index (κ3) is 7.71. The minimum absolute atomic E-state index is 0.287. The molecule has 0 spiro atoms. The molecule has 1 heterocycles. The van der Waals surface area contributed by atoms with Crippen LogP contribution in [0.15, 0.2) is 0 Å². The fraction of sp³-hybridized carbons (Fsp3) is 1.00. The van der Waals surface area contributed by atoms with E-state index >= 15 is 0 Å². The van der Waals surface area contributed by atoms with Crippen molar-refractivity contribution >= 4 is 34.2 Å². The lowest BCUT2D eigenvalue weighted by molar-refractivity contribution is -0.339. The van der Waals surface area contributed by atoms with E-state index in [1.54, 1.807) is 6.92 Å². The molecular formula is C6H11O11P3S-4. The number of aliphatic hydroxyl groups is 1. The van der Waals surface area contributed by atoms with Crippen molar-refractivity contribution in [3.05, 3.63) is 0 Å². The van der Waals surface area contributed by atoms with Gasteiger partial charge in [0.25, 0.3) is 7.82 Å². The van der Waals surface area contributed by atoms with Crippen LogP contribution in [-0.2, 0) is 38.8 Å². The molecule has 0 saturated carbocycles. The molecule has 0 aromatic rings. The van der Waals surface area contributed by atoms with E-state index in [1.165, 1.54) is 0 Å². The molecule has 1 N–H and O–H groups in total. The quantitative estimate of drug-likeness (QED) is 0.454. The summed E-state index contributed by atoms with van der Waals surface area (Å²) in [5.74, 6) is 0. The fourth-order valence-electron chi connectivity index (χ4n) is 1.54. The summed E-state index contributed by atoms with van der Waals surface area (Å²) in [5, 5.41) is 9.51. The highest BCUT2D eigenvalue weighted by molar-refractivity contribution is 8.07. The predicted molar refractivity (Wildman–Crippen MR) is 62.6 cm³/mol. The smallest absolute Gasteiger partial charge is 0.276 e. The van der Waals surface area contributed by atoms with Crippen LogP contribution in [0.25, 0.3) is 0 Å². The second-order valence-corrected chi connectivity index (χ2v) is 9.68. The normalized spacial score (nSPS) is 32.6. The Kier molecular flexibility index (Phi) is 6.70. The highest BCUT2D eigenvalue weighted by atomic mass is 32.5. The van der Waals surface area contributed by atoms with Crippen LogP contribution < -0.4 is 19.6 Å². The van der Waals surface area contributed by atoms with Crippen LogP contribution in [0.2, 0.25) is 0 Å². The Morgan fingerprint density at radius 1 is 1.29 bits per heavy atom. The van der Waals surface area contributed by atoms with Gasteiger partial charge in [-0.15, -0.1) is 0 Å². The molecule has 0 amide bonds. The summed E-state index contributed by atoms with van der Waals surface area (Å²) in [6.45, 7) is -3.60. The third-order valence-electron chi connectivity index (χ3n) is 2.21. The molecule has 21 heavy (non-hydrogen) atoms. The summed E-state index contributed by atoms with van der Waals surface area (Å²) >= 11 is 4.21. The zero-order valence-electron chi connectivity index (χ0n) is 10.4. The molecule has 1 saturated heterocycles. The topological polar surface area (TPSA) is 184 Å². The molecule has 0 bridgehead atoms. The molecule has 2 unspecified atom stereocenters. The van der Waals surface area contributed by atoms with Gasteiger partial charge in [0.15, 0.2) is 0 Å². The van der Waals surface area contributed by atoms with E-state index in [-0.39, 0.29) is 12.5 Å². The molecule has 0 radical (unpaired) electrons. The number of rotatable bonds is 7. The monoisotopic (exact) mass is 384 g/mol. The number of phosphoric acid groups is 2. The summed E-state index contributed by atoms with van der Waals surface area (Å²) in [6, 6.07) is 0. The average Bonchev–Trinajstić information content (AvgIpc) is 2.48. The minimum Gasteiger partial charge on any atom is -0.790 e. The lowest BCUT2D eigenvalue weighted by Gasteiger charge is -2.39. The zero-order chi connectivity index (χ0) is 16.5. The molecule has 0 aromatic carbocycles. The molecule has 1 rings (SSSR count). The van der Waals surface area contributed by atoms with E-state index in [4.69, 9.17) is 4.74 Å². The Morgan fingerprint density at radius 3 is 2.29 bits per heavy atom. The van der Waals surface area contributed by atoms with E-state index in [0.717, 1.165) is 0 Å². The maximum Gasteiger partial charge on any atom is 0.276 e. The van der Waals surface area contributed by atoms with E-state index in [1.807, 2.05) is 0 Å². The van der Waals surface area contributed by atoms with Crippen molar-refractivity contribution < 1.29 is 51.7 Å². The molecule has 11 nitrogen and oxygen atoms in total. The first-order valence-corrected chi connectivity index (χ1v) is 10.8. The zero-order valence-corrected chi connectivity index (χ0v) is 13.9. The second kappa shape index (κ2) is 7.11. The molecule has 15 heteroatoms. The van der Waals surface area contributed by atoms with Gasteiger partial charge in [0, 0.05) is 6.42 Å². The van der Waals surface area contributed by atoms with Crippen LogP contribution in [0, 0.1) is 0 Å². The van der Waals surface area contributed by atoms with Gasteiger partial charge in [0.1, 0.15) is 12.8 Å². The lowest BCUT2D eigenvalue weighted by Crippen LogP contribution is -2.27. The second-order valence-electron chi connectivity index (χ2n) is 4.09. The Bertz CT molecular complexity index is 504.